The molecule has 0 saturated carbocycles. The summed E-state index contributed by atoms with van der Waals surface area (Å²) in [5, 5.41) is 10.4. The number of aryl methyl sites for hydroxylation is 2. The van der Waals surface area contributed by atoms with Gasteiger partial charge in [-0.3, -0.25) is 0 Å². The molecule has 1 aromatic heterocycles. The predicted octanol–water partition coefficient (Wildman–Crippen LogP) is 4.97. The van der Waals surface area contributed by atoms with E-state index in [1.807, 2.05) is 38.1 Å². The van der Waals surface area contributed by atoms with E-state index >= 15 is 0 Å². The number of rotatable bonds is 2. The van der Waals surface area contributed by atoms with Crippen LogP contribution in [-0.4, -0.2) is 5.11 Å². The maximum absolute atomic E-state index is 10.4. The maximum Gasteiger partial charge on any atom is 0.114 e. The van der Waals surface area contributed by atoms with Gasteiger partial charge in [-0.1, -0.05) is 33.6 Å². The van der Waals surface area contributed by atoms with Crippen LogP contribution in [0.5, 0.6) is 0 Å². The van der Waals surface area contributed by atoms with E-state index < -0.39 is 6.10 Å². The van der Waals surface area contributed by atoms with Gasteiger partial charge in [0.25, 0.3) is 0 Å². The fraction of sp³-hybridized carbons (Fsp3) is 0.231. The van der Waals surface area contributed by atoms with Crippen LogP contribution >= 0.6 is 43.2 Å². The van der Waals surface area contributed by atoms with Gasteiger partial charge in [-0.2, -0.15) is 0 Å². The minimum atomic E-state index is -0.570. The molecule has 0 aliphatic heterocycles. The van der Waals surface area contributed by atoms with E-state index in [-0.39, 0.29) is 0 Å². The first kappa shape index (κ1) is 13.3. The van der Waals surface area contributed by atoms with E-state index in [9.17, 15) is 5.11 Å². The zero-order valence-corrected chi connectivity index (χ0v) is 13.5. The average molecular weight is 376 g/mol. The van der Waals surface area contributed by atoms with Crippen molar-refractivity contribution in [2.45, 2.75) is 20.0 Å². The molecule has 1 atom stereocenters. The van der Waals surface area contributed by atoms with Gasteiger partial charge in [-0.05, 0) is 41.9 Å². The molecule has 0 spiro atoms. The first-order valence-corrected chi connectivity index (χ1v) is 7.59. The molecule has 0 aliphatic rings. The Labute approximate surface area is 122 Å². The SMILES string of the molecule is Cc1ccc(Br)c(C(O)c2cc(Br)c(C)s2)c1. The van der Waals surface area contributed by atoms with Crippen LogP contribution in [0.25, 0.3) is 0 Å². The molecule has 1 unspecified atom stereocenters. The average Bonchev–Trinajstić information content (AvgIpc) is 2.62. The Balaban J connectivity index is 2.42. The van der Waals surface area contributed by atoms with E-state index in [2.05, 4.69) is 31.9 Å². The standard InChI is InChI=1S/C13H12Br2OS/c1-7-3-4-10(14)9(5-7)13(16)12-6-11(15)8(2)17-12/h3-6,13,16H,1-2H3. The Morgan fingerprint density at radius 3 is 2.41 bits per heavy atom. The quantitative estimate of drug-likeness (QED) is 0.785. The summed E-state index contributed by atoms with van der Waals surface area (Å²) >= 11 is 8.58. The van der Waals surface area contributed by atoms with Gasteiger partial charge in [-0.25, -0.2) is 0 Å². The molecule has 2 rings (SSSR count). The minimum Gasteiger partial charge on any atom is -0.383 e. The second-order valence-electron chi connectivity index (χ2n) is 3.98. The molecule has 0 aliphatic carbocycles. The highest BCUT2D eigenvalue weighted by Crippen LogP contribution is 2.36. The Morgan fingerprint density at radius 1 is 1.12 bits per heavy atom. The summed E-state index contributed by atoms with van der Waals surface area (Å²) in [5.74, 6) is 0. The number of halogens is 2. The molecule has 1 heterocycles. The topological polar surface area (TPSA) is 20.2 Å². The van der Waals surface area contributed by atoms with Crippen molar-refractivity contribution in [3.63, 3.8) is 0 Å². The van der Waals surface area contributed by atoms with Crippen LogP contribution in [-0.2, 0) is 0 Å². The molecule has 2 aromatic rings. The summed E-state index contributed by atoms with van der Waals surface area (Å²) in [4.78, 5) is 2.14. The zero-order chi connectivity index (χ0) is 12.6. The van der Waals surface area contributed by atoms with Gasteiger partial charge in [0.05, 0.1) is 0 Å². The smallest absolute Gasteiger partial charge is 0.114 e. The fourth-order valence-electron chi connectivity index (χ4n) is 1.64. The van der Waals surface area contributed by atoms with Gasteiger partial charge in [0.15, 0.2) is 0 Å². The molecule has 0 amide bonds. The number of aliphatic hydroxyl groups excluding tert-OH is 1. The lowest BCUT2D eigenvalue weighted by atomic mass is 10.1. The zero-order valence-electron chi connectivity index (χ0n) is 9.50. The largest absolute Gasteiger partial charge is 0.383 e. The third-order valence-corrected chi connectivity index (χ3v) is 5.50. The maximum atomic E-state index is 10.4. The molecule has 1 N–H and O–H groups in total. The summed E-state index contributed by atoms with van der Waals surface area (Å²) < 4.78 is 2.00. The van der Waals surface area contributed by atoms with Crippen molar-refractivity contribution < 1.29 is 5.11 Å². The van der Waals surface area contributed by atoms with Crippen molar-refractivity contribution in [1.29, 1.82) is 0 Å². The Hall–Kier alpha value is -0.160. The monoisotopic (exact) mass is 374 g/mol. The molecular formula is C13H12Br2OS. The van der Waals surface area contributed by atoms with Crippen LogP contribution in [0, 0.1) is 13.8 Å². The highest BCUT2D eigenvalue weighted by atomic mass is 79.9. The molecule has 0 saturated heterocycles. The van der Waals surface area contributed by atoms with Crippen molar-refractivity contribution in [3.05, 3.63) is 54.1 Å². The number of benzene rings is 1. The van der Waals surface area contributed by atoms with Gasteiger partial charge >= 0.3 is 0 Å². The molecule has 0 radical (unpaired) electrons. The molecule has 0 bridgehead atoms. The lowest BCUT2D eigenvalue weighted by Gasteiger charge is -2.12. The summed E-state index contributed by atoms with van der Waals surface area (Å²) in [6.07, 6.45) is -0.570. The first-order valence-electron chi connectivity index (χ1n) is 5.19. The molecule has 90 valence electrons. The molecular weight excluding hydrogens is 364 g/mol. The third-order valence-electron chi connectivity index (χ3n) is 2.59. The van der Waals surface area contributed by atoms with Crippen LogP contribution in [0.3, 0.4) is 0 Å². The lowest BCUT2D eigenvalue weighted by Crippen LogP contribution is -1.98. The first-order chi connectivity index (χ1) is 7.99. The van der Waals surface area contributed by atoms with Crippen LogP contribution in [0.2, 0.25) is 0 Å². The van der Waals surface area contributed by atoms with E-state index in [0.717, 1.165) is 24.9 Å². The van der Waals surface area contributed by atoms with Crippen molar-refractivity contribution in [1.82, 2.24) is 0 Å². The molecule has 1 nitrogen and oxygen atoms in total. The summed E-state index contributed by atoms with van der Waals surface area (Å²) in [5.41, 5.74) is 2.06. The fourth-order valence-corrected chi connectivity index (χ4v) is 3.67. The number of hydrogen-bond acceptors (Lipinski definition) is 2. The van der Waals surface area contributed by atoms with Crippen molar-refractivity contribution in [3.8, 4) is 0 Å². The number of thiophene rings is 1. The van der Waals surface area contributed by atoms with E-state index in [1.54, 1.807) is 11.3 Å². The highest BCUT2D eigenvalue weighted by Gasteiger charge is 2.17. The summed E-state index contributed by atoms with van der Waals surface area (Å²) in [7, 11) is 0. The summed E-state index contributed by atoms with van der Waals surface area (Å²) in [6.45, 7) is 4.06. The Kier molecular flexibility index (Phi) is 4.08. The predicted molar refractivity (Wildman–Crippen MR) is 79.7 cm³/mol. The van der Waals surface area contributed by atoms with Gasteiger partial charge in [0.2, 0.25) is 0 Å². The Bertz CT molecular complexity index is 529. The van der Waals surface area contributed by atoms with Crippen LogP contribution < -0.4 is 0 Å². The van der Waals surface area contributed by atoms with Crippen LogP contribution in [0.1, 0.15) is 27.0 Å². The summed E-state index contributed by atoms with van der Waals surface area (Å²) in [6, 6.07) is 8.00. The van der Waals surface area contributed by atoms with E-state index in [1.165, 1.54) is 4.88 Å². The minimum absolute atomic E-state index is 0.570. The van der Waals surface area contributed by atoms with Crippen molar-refractivity contribution in [2.75, 3.05) is 0 Å². The molecule has 0 fully saturated rings. The van der Waals surface area contributed by atoms with Crippen LogP contribution in [0.4, 0.5) is 0 Å². The highest BCUT2D eigenvalue weighted by molar-refractivity contribution is 9.10. The Morgan fingerprint density at radius 2 is 1.82 bits per heavy atom. The molecule has 4 heteroatoms. The second kappa shape index (κ2) is 5.22. The van der Waals surface area contributed by atoms with E-state index in [4.69, 9.17) is 0 Å². The molecule has 1 aromatic carbocycles. The van der Waals surface area contributed by atoms with Gasteiger partial charge in [0, 0.05) is 24.3 Å². The van der Waals surface area contributed by atoms with E-state index in [0.29, 0.717) is 0 Å². The lowest BCUT2D eigenvalue weighted by molar-refractivity contribution is 0.223. The third kappa shape index (κ3) is 2.81. The van der Waals surface area contributed by atoms with Gasteiger partial charge < -0.3 is 5.11 Å². The van der Waals surface area contributed by atoms with Crippen molar-refractivity contribution >= 4 is 43.2 Å². The van der Waals surface area contributed by atoms with Crippen LogP contribution in [0.15, 0.2) is 33.2 Å². The second-order valence-corrected chi connectivity index (χ2v) is 6.98. The number of aliphatic hydroxyl groups is 1. The van der Waals surface area contributed by atoms with Gasteiger partial charge in [-0.15, -0.1) is 11.3 Å². The number of hydrogen-bond donors (Lipinski definition) is 1. The molecule has 17 heavy (non-hydrogen) atoms. The van der Waals surface area contributed by atoms with Gasteiger partial charge in [0.1, 0.15) is 6.10 Å². The normalized spacial score (nSPS) is 12.8. The van der Waals surface area contributed by atoms with Crippen molar-refractivity contribution in [2.24, 2.45) is 0 Å².